The highest BCUT2D eigenvalue weighted by Crippen LogP contribution is 2.23. The molecule has 0 atom stereocenters. The van der Waals surface area contributed by atoms with Crippen molar-refractivity contribution in [3.05, 3.63) is 53.9 Å². The number of rotatable bonds is 9. The van der Waals surface area contributed by atoms with Gasteiger partial charge in [0.25, 0.3) is 0 Å². The Bertz CT molecular complexity index is 1200. The van der Waals surface area contributed by atoms with Crippen molar-refractivity contribution in [1.82, 2.24) is 13.9 Å². The van der Waals surface area contributed by atoms with Gasteiger partial charge in [-0.15, -0.1) is 0 Å². The third-order valence-electron chi connectivity index (χ3n) is 4.83. The van der Waals surface area contributed by atoms with E-state index in [1.165, 1.54) is 18.4 Å². The Labute approximate surface area is 188 Å². The second-order valence-electron chi connectivity index (χ2n) is 7.88. The Morgan fingerprint density at radius 1 is 1.12 bits per heavy atom. The molecular formula is C23H29N3O5S. The lowest BCUT2D eigenvalue weighted by atomic mass is 10.2. The van der Waals surface area contributed by atoms with Gasteiger partial charge in [-0.2, -0.15) is 0 Å². The number of hydrogen-bond donors (Lipinski definition) is 0. The minimum atomic E-state index is -3.54. The van der Waals surface area contributed by atoms with Crippen molar-refractivity contribution in [2.45, 2.75) is 51.3 Å². The molecule has 0 fully saturated rings. The molecule has 1 aromatic heterocycles. The van der Waals surface area contributed by atoms with E-state index in [-0.39, 0.29) is 23.6 Å². The zero-order valence-corrected chi connectivity index (χ0v) is 19.8. The molecule has 172 valence electrons. The molecule has 0 spiro atoms. The molecule has 1 heterocycles. The zero-order chi connectivity index (χ0) is 23.5. The number of carbonyl (C=O) groups excluding carboxylic acids is 1. The Morgan fingerprint density at radius 2 is 1.81 bits per heavy atom. The van der Waals surface area contributed by atoms with Gasteiger partial charge in [-0.1, -0.05) is 6.92 Å². The molecular weight excluding hydrogens is 430 g/mol. The van der Waals surface area contributed by atoms with Crippen LogP contribution in [0.2, 0.25) is 0 Å². The largest absolute Gasteiger partial charge is 0.486 e. The number of ether oxygens (including phenoxy) is 2. The van der Waals surface area contributed by atoms with Crippen molar-refractivity contribution in [3.8, 4) is 5.75 Å². The second-order valence-corrected chi connectivity index (χ2v) is 10.0. The zero-order valence-electron chi connectivity index (χ0n) is 19.0. The summed E-state index contributed by atoms with van der Waals surface area (Å²) >= 11 is 0. The first-order valence-corrected chi connectivity index (χ1v) is 11.9. The number of imidazole rings is 1. The topological polar surface area (TPSA) is 90.7 Å². The smallest absolute Gasteiger partial charge is 0.338 e. The number of aryl methyl sites for hydroxylation is 1. The van der Waals surface area contributed by atoms with Crippen LogP contribution in [0.15, 0.2) is 47.4 Å². The number of hydrogen-bond acceptors (Lipinski definition) is 6. The van der Waals surface area contributed by atoms with Gasteiger partial charge < -0.3 is 14.0 Å². The third-order valence-corrected chi connectivity index (χ3v) is 6.64. The van der Waals surface area contributed by atoms with Crippen molar-refractivity contribution < 1.29 is 22.7 Å². The normalized spacial score (nSPS) is 12.0. The number of sulfonamides is 1. The van der Waals surface area contributed by atoms with Gasteiger partial charge in [-0.05, 0) is 62.7 Å². The monoisotopic (exact) mass is 459 g/mol. The average molecular weight is 460 g/mol. The molecule has 0 saturated heterocycles. The van der Waals surface area contributed by atoms with E-state index in [9.17, 15) is 13.2 Å². The van der Waals surface area contributed by atoms with Crippen molar-refractivity contribution >= 4 is 27.0 Å². The van der Waals surface area contributed by atoms with Crippen LogP contribution in [0.4, 0.5) is 0 Å². The third kappa shape index (κ3) is 5.11. The van der Waals surface area contributed by atoms with Gasteiger partial charge in [0, 0.05) is 20.6 Å². The molecule has 0 radical (unpaired) electrons. The molecule has 0 bridgehead atoms. The quantitative estimate of drug-likeness (QED) is 0.452. The van der Waals surface area contributed by atoms with E-state index >= 15 is 0 Å². The highest BCUT2D eigenvalue weighted by atomic mass is 32.2. The summed E-state index contributed by atoms with van der Waals surface area (Å²) in [5.74, 6) is 0.918. The fraction of sp³-hybridized carbons (Fsp3) is 0.391. The Kier molecular flexibility index (Phi) is 7.20. The van der Waals surface area contributed by atoms with Crippen molar-refractivity contribution in [1.29, 1.82) is 0 Å². The maximum Gasteiger partial charge on any atom is 0.338 e. The SMILES string of the molecule is CCCn1c(COc2ccc(C(=O)OC(C)C)cc2)nc2cc(S(=O)(=O)N(C)C)ccc21. The summed E-state index contributed by atoms with van der Waals surface area (Å²) in [7, 11) is -0.539. The predicted octanol–water partition coefficient (Wildman–Crippen LogP) is 3.84. The van der Waals surface area contributed by atoms with E-state index in [1.807, 2.05) is 4.57 Å². The van der Waals surface area contributed by atoms with E-state index in [0.29, 0.717) is 22.7 Å². The summed E-state index contributed by atoms with van der Waals surface area (Å²) in [6.45, 7) is 6.61. The molecule has 3 rings (SSSR count). The summed E-state index contributed by atoms with van der Waals surface area (Å²) in [5, 5.41) is 0. The Balaban J connectivity index is 1.83. The molecule has 0 aliphatic rings. The second kappa shape index (κ2) is 9.70. The summed E-state index contributed by atoms with van der Waals surface area (Å²) < 4.78 is 39.3. The van der Waals surface area contributed by atoms with Crippen molar-refractivity contribution in [2.24, 2.45) is 0 Å². The van der Waals surface area contributed by atoms with Gasteiger partial charge in [0.15, 0.2) is 0 Å². The van der Waals surface area contributed by atoms with Gasteiger partial charge in [0.05, 0.1) is 27.6 Å². The summed E-state index contributed by atoms with van der Waals surface area (Å²) in [5.41, 5.74) is 1.92. The molecule has 3 aromatic rings. The average Bonchev–Trinajstić information content (AvgIpc) is 3.09. The lowest BCUT2D eigenvalue weighted by molar-refractivity contribution is 0.0378. The van der Waals surface area contributed by atoms with Crippen LogP contribution in [0.1, 0.15) is 43.4 Å². The van der Waals surface area contributed by atoms with Crippen LogP contribution in [0, 0.1) is 0 Å². The van der Waals surface area contributed by atoms with E-state index < -0.39 is 10.0 Å². The molecule has 0 N–H and O–H groups in total. The maximum absolute atomic E-state index is 12.5. The molecule has 32 heavy (non-hydrogen) atoms. The number of aromatic nitrogens is 2. The molecule has 0 amide bonds. The standard InChI is InChI=1S/C23H29N3O5S/c1-6-13-26-21-12-11-19(32(28,29)25(4)5)14-20(21)24-22(26)15-30-18-9-7-17(8-10-18)23(27)31-16(2)3/h7-12,14,16H,6,13,15H2,1-5H3. The molecule has 0 unspecified atom stereocenters. The fourth-order valence-corrected chi connectivity index (χ4v) is 4.15. The van der Waals surface area contributed by atoms with Gasteiger partial charge in [-0.25, -0.2) is 22.5 Å². The first-order valence-electron chi connectivity index (χ1n) is 10.5. The van der Waals surface area contributed by atoms with E-state index in [2.05, 4.69) is 11.9 Å². The molecule has 0 aliphatic heterocycles. The highest BCUT2D eigenvalue weighted by Gasteiger charge is 2.20. The van der Waals surface area contributed by atoms with Crippen molar-refractivity contribution in [2.75, 3.05) is 14.1 Å². The number of benzene rings is 2. The molecule has 9 heteroatoms. The van der Waals surface area contributed by atoms with E-state index in [4.69, 9.17) is 9.47 Å². The maximum atomic E-state index is 12.5. The van der Waals surface area contributed by atoms with Gasteiger partial charge in [0.1, 0.15) is 18.2 Å². The van der Waals surface area contributed by atoms with Crippen LogP contribution in [0.25, 0.3) is 11.0 Å². The number of fused-ring (bicyclic) bond motifs is 1. The predicted molar refractivity (Wildman–Crippen MR) is 122 cm³/mol. The van der Waals surface area contributed by atoms with Crippen LogP contribution in [-0.4, -0.2) is 48.4 Å². The number of carbonyl (C=O) groups is 1. The summed E-state index contributed by atoms with van der Waals surface area (Å²) in [4.78, 5) is 16.8. The van der Waals surface area contributed by atoms with Crippen LogP contribution < -0.4 is 4.74 Å². The van der Waals surface area contributed by atoms with Crippen LogP contribution in [-0.2, 0) is 27.9 Å². The molecule has 2 aromatic carbocycles. The first kappa shape index (κ1) is 23.7. The lowest BCUT2D eigenvalue weighted by Crippen LogP contribution is -2.22. The number of esters is 1. The van der Waals surface area contributed by atoms with E-state index in [1.54, 1.807) is 56.3 Å². The van der Waals surface area contributed by atoms with Gasteiger partial charge in [0.2, 0.25) is 10.0 Å². The van der Waals surface area contributed by atoms with Crippen LogP contribution in [0.3, 0.4) is 0 Å². The minimum Gasteiger partial charge on any atom is -0.486 e. The van der Waals surface area contributed by atoms with Gasteiger partial charge in [-0.3, -0.25) is 0 Å². The Morgan fingerprint density at radius 3 is 2.41 bits per heavy atom. The Hall–Kier alpha value is -2.91. The molecule has 0 saturated carbocycles. The van der Waals surface area contributed by atoms with Crippen LogP contribution in [0.5, 0.6) is 5.75 Å². The summed E-state index contributed by atoms with van der Waals surface area (Å²) in [6.07, 6.45) is 0.710. The van der Waals surface area contributed by atoms with Crippen LogP contribution >= 0.6 is 0 Å². The first-order chi connectivity index (χ1) is 15.1. The lowest BCUT2D eigenvalue weighted by Gasteiger charge is -2.12. The molecule has 8 nitrogen and oxygen atoms in total. The van der Waals surface area contributed by atoms with E-state index in [0.717, 1.165) is 18.5 Å². The highest BCUT2D eigenvalue weighted by molar-refractivity contribution is 7.89. The van der Waals surface area contributed by atoms with Crippen molar-refractivity contribution in [3.63, 3.8) is 0 Å². The molecule has 0 aliphatic carbocycles. The number of nitrogens with zero attached hydrogens (tertiary/aromatic N) is 3. The van der Waals surface area contributed by atoms with Gasteiger partial charge >= 0.3 is 5.97 Å². The fourth-order valence-electron chi connectivity index (χ4n) is 3.23. The summed E-state index contributed by atoms with van der Waals surface area (Å²) in [6, 6.07) is 11.7. The minimum absolute atomic E-state index is 0.182.